The SMILES string of the molecule is CC1CCC(C(=O)Oc2ccc(OC(=O)C3CCCCC3)cn2)CC1. The zero-order valence-electron chi connectivity index (χ0n) is 14.9. The summed E-state index contributed by atoms with van der Waals surface area (Å²) >= 11 is 0. The van der Waals surface area contributed by atoms with Crippen LogP contribution in [0.25, 0.3) is 0 Å². The highest BCUT2D eigenvalue weighted by molar-refractivity contribution is 5.76. The first-order chi connectivity index (χ1) is 12.1. The third kappa shape index (κ3) is 5.03. The fraction of sp³-hybridized carbons (Fsp3) is 0.650. The Kier molecular flexibility index (Phi) is 6.05. The fourth-order valence-corrected chi connectivity index (χ4v) is 3.71. The topological polar surface area (TPSA) is 65.5 Å². The van der Waals surface area contributed by atoms with E-state index >= 15 is 0 Å². The fourth-order valence-electron chi connectivity index (χ4n) is 3.71. The van der Waals surface area contributed by atoms with Crippen molar-refractivity contribution in [2.75, 3.05) is 0 Å². The van der Waals surface area contributed by atoms with Gasteiger partial charge in [-0.05, 0) is 50.5 Å². The first-order valence-electron chi connectivity index (χ1n) is 9.51. The number of nitrogens with zero attached hydrogens (tertiary/aromatic N) is 1. The molecular formula is C20H27NO4. The molecule has 0 aromatic carbocycles. The van der Waals surface area contributed by atoms with Crippen molar-refractivity contribution in [3.63, 3.8) is 0 Å². The van der Waals surface area contributed by atoms with Crippen molar-refractivity contribution >= 4 is 11.9 Å². The Balaban J connectivity index is 1.49. The molecule has 2 saturated carbocycles. The monoisotopic (exact) mass is 345 g/mol. The van der Waals surface area contributed by atoms with Crippen LogP contribution in [0.4, 0.5) is 0 Å². The molecule has 0 unspecified atom stereocenters. The van der Waals surface area contributed by atoms with Gasteiger partial charge in [-0.1, -0.05) is 26.2 Å². The van der Waals surface area contributed by atoms with E-state index in [0.717, 1.165) is 51.4 Å². The molecule has 5 nitrogen and oxygen atoms in total. The van der Waals surface area contributed by atoms with E-state index in [-0.39, 0.29) is 29.7 Å². The summed E-state index contributed by atoms with van der Waals surface area (Å²) in [5.41, 5.74) is 0. The van der Waals surface area contributed by atoms with Gasteiger partial charge in [0.2, 0.25) is 5.88 Å². The molecule has 2 aliphatic carbocycles. The second-order valence-electron chi connectivity index (χ2n) is 7.47. The maximum absolute atomic E-state index is 12.2. The zero-order chi connectivity index (χ0) is 17.6. The van der Waals surface area contributed by atoms with E-state index in [1.807, 2.05) is 0 Å². The lowest BCUT2D eigenvalue weighted by molar-refractivity contribution is -0.141. The molecule has 0 spiro atoms. The van der Waals surface area contributed by atoms with Crippen molar-refractivity contribution in [3.05, 3.63) is 18.3 Å². The third-order valence-corrected chi connectivity index (χ3v) is 5.42. The predicted molar refractivity (Wildman–Crippen MR) is 93.2 cm³/mol. The summed E-state index contributed by atoms with van der Waals surface area (Å²) in [6, 6.07) is 3.23. The second kappa shape index (κ2) is 8.45. The minimum atomic E-state index is -0.202. The lowest BCUT2D eigenvalue weighted by Gasteiger charge is -2.24. The molecule has 3 rings (SSSR count). The molecule has 2 fully saturated rings. The standard InChI is InChI=1S/C20H27NO4/c1-14-7-9-16(10-8-14)20(23)25-18-12-11-17(13-21-18)24-19(22)15-5-3-2-4-6-15/h11-16H,2-10H2,1H3. The summed E-state index contributed by atoms with van der Waals surface area (Å²) in [5.74, 6) is 0.957. The molecule has 25 heavy (non-hydrogen) atoms. The van der Waals surface area contributed by atoms with Crippen LogP contribution in [0.15, 0.2) is 18.3 Å². The van der Waals surface area contributed by atoms with Crippen LogP contribution >= 0.6 is 0 Å². The number of carbonyl (C=O) groups excluding carboxylic acids is 2. The number of hydrogen-bond donors (Lipinski definition) is 0. The highest BCUT2D eigenvalue weighted by atomic mass is 16.5. The van der Waals surface area contributed by atoms with Gasteiger partial charge >= 0.3 is 11.9 Å². The van der Waals surface area contributed by atoms with Gasteiger partial charge in [-0.3, -0.25) is 9.59 Å². The Hall–Kier alpha value is -1.91. The highest BCUT2D eigenvalue weighted by Gasteiger charge is 2.26. The van der Waals surface area contributed by atoms with Gasteiger partial charge in [0.15, 0.2) is 0 Å². The molecule has 0 N–H and O–H groups in total. The van der Waals surface area contributed by atoms with E-state index < -0.39 is 0 Å². The van der Waals surface area contributed by atoms with Gasteiger partial charge in [-0.25, -0.2) is 4.98 Å². The number of hydrogen-bond acceptors (Lipinski definition) is 5. The molecule has 1 heterocycles. The van der Waals surface area contributed by atoms with Gasteiger partial charge in [0.1, 0.15) is 5.75 Å². The molecule has 0 radical (unpaired) electrons. The van der Waals surface area contributed by atoms with Crippen LogP contribution < -0.4 is 9.47 Å². The number of aromatic nitrogens is 1. The van der Waals surface area contributed by atoms with Gasteiger partial charge in [0, 0.05) is 6.07 Å². The maximum atomic E-state index is 12.2. The zero-order valence-corrected chi connectivity index (χ0v) is 14.9. The minimum absolute atomic E-state index is 0.0000487. The van der Waals surface area contributed by atoms with Crippen LogP contribution in [0.5, 0.6) is 11.6 Å². The van der Waals surface area contributed by atoms with E-state index in [4.69, 9.17) is 9.47 Å². The molecule has 0 aliphatic heterocycles. The van der Waals surface area contributed by atoms with Crippen LogP contribution in [0.2, 0.25) is 0 Å². The van der Waals surface area contributed by atoms with Crippen molar-refractivity contribution in [1.82, 2.24) is 4.98 Å². The maximum Gasteiger partial charge on any atom is 0.315 e. The summed E-state index contributed by atoms with van der Waals surface area (Å²) in [7, 11) is 0. The first-order valence-corrected chi connectivity index (χ1v) is 9.51. The third-order valence-electron chi connectivity index (χ3n) is 5.42. The van der Waals surface area contributed by atoms with E-state index in [9.17, 15) is 9.59 Å². The molecule has 0 bridgehead atoms. The van der Waals surface area contributed by atoms with E-state index in [2.05, 4.69) is 11.9 Å². The summed E-state index contributed by atoms with van der Waals surface area (Å²) in [6.07, 6.45) is 10.6. The van der Waals surface area contributed by atoms with Crippen molar-refractivity contribution in [3.8, 4) is 11.6 Å². The van der Waals surface area contributed by atoms with E-state index in [1.165, 1.54) is 12.6 Å². The minimum Gasteiger partial charge on any atom is -0.425 e. The molecule has 0 saturated heterocycles. The largest absolute Gasteiger partial charge is 0.425 e. The van der Waals surface area contributed by atoms with E-state index in [0.29, 0.717) is 11.7 Å². The molecule has 2 aliphatic rings. The Morgan fingerprint density at radius 2 is 1.52 bits per heavy atom. The van der Waals surface area contributed by atoms with Gasteiger partial charge in [0.05, 0.1) is 18.0 Å². The summed E-state index contributed by atoms with van der Waals surface area (Å²) < 4.78 is 10.8. The summed E-state index contributed by atoms with van der Waals surface area (Å²) in [4.78, 5) is 28.4. The van der Waals surface area contributed by atoms with Crippen molar-refractivity contribution in [2.24, 2.45) is 17.8 Å². The summed E-state index contributed by atoms with van der Waals surface area (Å²) in [6.45, 7) is 2.22. The highest BCUT2D eigenvalue weighted by Crippen LogP contribution is 2.30. The van der Waals surface area contributed by atoms with Gasteiger partial charge in [-0.15, -0.1) is 0 Å². The van der Waals surface area contributed by atoms with Crippen LogP contribution in [-0.4, -0.2) is 16.9 Å². The lowest BCUT2D eigenvalue weighted by atomic mass is 9.83. The first kappa shape index (κ1) is 17.9. The van der Waals surface area contributed by atoms with Crippen LogP contribution in [-0.2, 0) is 9.59 Å². The Bertz CT molecular complexity index is 584. The number of esters is 2. The molecule has 0 atom stereocenters. The van der Waals surface area contributed by atoms with Crippen LogP contribution in [0, 0.1) is 17.8 Å². The molecular weight excluding hydrogens is 318 g/mol. The number of carbonyl (C=O) groups is 2. The average Bonchev–Trinajstić information content (AvgIpc) is 2.64. The van der Waals surface area contributed by atoms with Crippen LogP contribution in [0.3, 0.4) is 0 Å². The normalized spacial score (nSPS) is 24.5. The number of ether oxygens (including phenoxy) is 2. The number of pyridine rings is 1. The van der Waals surface area contributed by atoms with Gasteiger partial charge < -0.3 is 9.47 Å². The van der Waals surface area contributed by atoms with Crippen molar-refractivity contribution in [1.29, 1.82) is 0 Å². The van der Waals surface area contributed by atoms with E-state index in [1.54, 1.807) is 12.1 Å². The molecule has 1 aromatic rings. The Labute approximate surface area is 149 Å². The summed E-state index contributed by atoms with van der Waals surface area (Å²) in [5, 5.41) is 0. The average molecular weight is 345 g/mol. The Morgan fingerprint density at radius 3 is 2.16 bits per heavy atom. The smallest absolute Gasteiger partial charge is 0.315 e. The van der Waals surface area contributed by atoms with Gasteiger partial charge in [0.25, 0.3) is 0 Å². The predicted octanol–water partition coefficient (Wildman–Crippen LogP) is 4.30. The molecule has 5 heteroatoms. The molecule has 136 valence electrons. The molecule has 1 aromatic heterocycles. The van der Waals surface area contributed by atoms with Crippen molar-refractivity contribution < 1.29 is 19.1 Å². The second-order valence-corrected chi connectivity index (χ2v) is 7.47. The van der Waals surface area contributed by atoms with Crippen molar-refractivity contribution in [2.45, 2.75) is 64.7 Å². The lowest BCUT2D eigenvalue weighted by Crippen LogP contribution is -2.25. The Morgan fingerprint density at radius 1 is 0.880 bits per heavy atom. The number of rotatable bonds is 4. The quantitative estimate of drug-likeness (QED) is 0.761. The van der Waals surface area contributed by atoms with Crippen LogP contribution in [0.1, 0.15) is 64.7 Å². The molecule has 0 amide bonds. The van der Waals surface area contributed by atoms with Gasteiger partial charge in [-0.2, -0.15) is 0 Å².